The lowest BCUT2D eigenvalue weighted by molar-refractivity contribution is -0.384. The monoisotopic (exact) mass is 548 g/mol. The zero-order chi connectivity index (χ0) is 29.0. The summed E-state index contributed by atoms with van der Waals surface area (Å²) in [5.74, 6) is -0.361. The molecule has 0 amide bonds. The highest BCUT2D eigenvalue weighted by atomic mass is 16.6. The van der Waals surface area contributed by atoms with Crippen molar-refractivity contribution in [2.75, 3.05) is 23.3 Å². The molecule has 2 N–H and O–H groups in total. The zero-order valence-electron chi connectivity index (χ0n) is 23.0. The van der Waals surface area contributed by atoms with Crippen LogP contribution in [0.1, 0.15) is 40.2 Å². The second-order valence-corrected chi connectivity index (χ2v) is 10.1. The lowest BCUT2D eigenvalue weighted by atomic mass is 10.0. The molecule has 0 saturated carbocycles. The summed E-state index contributed by atoms with van der Waals surface area (Å²) >= 11 is 0. The van der Waals surface area contributed by atoms with E-state index in [1.165, 1.54) is 4.57 Å². The number of nitrogens with zero attached hydrogens (tertiary/aromatic N) is 6. The van der Waals surface area contributed by atoms with Crippen molar-refractivity contribution in [3.05, 3.63) is 75.0 Å². The van der Waals surface area contributed by atoms with Crippen molar-refractivity contribution in [2.24, 2.45) is 0 Å². The number of aromatic amines is 1. The minimum atomic E-state index is -0.999. The third-order valence-electron chi connectivity index (χ3n) is 6.08. The van der Waals surface area contributed by atoms with Crippen molar-refractivity contribution in [3.63, 3.8) is 0 Å². The largest absolute Gasteiger partial charge is 0.458 e. The van der Waals surface area contributed by atoms with Gasteiger partial charge in [0.1, 0.15) is 17.8 Å². The summed E-state index contributed by atoms with van der Waals surface area (Å²) in [6.07, 6.45) is 2.88. The summed E-state index contributed by atoms with van der Waals surface area (Å²) in [6.45, 7) is 10.3. The molecule has 0 radical (unpaired) electrons. The molecule has 13 heteroatoms. The molecule has 0 aliphatic heterocycles. The number of ether oxygens (including phenoxy) is 1. The molecule has 210 valence electrons. The molecule has 0 fully saturated rings. The number of H-pyrrole nitrogens is 1. The molecule has 0 saturated heterocycles. The Bertz CT molecular complexity index is 1570. The van der Waals surface area contributed by atoms with E-state index in [1.807, 2.05) is 18.7 Å². The van der Waals surface area contributed by atoms with Crippen LogP contribution >= 0.6 is 0 Å². The van der Waals surface area contributed by atoms with Crippen LogP contribution in [0, 0.1) is 10.1 Å². The summed E-state index contributed by atoms with van der Waals surface area (Å²) in [5.41, 5.74) is 0.967. The van der Waals surface area contributed by atoms with Crippen LogP contribution in [0.2, 0.25) is 0 Å². The first-order chi connectivity index (χ1) is 19.0. The van der Waals surface area contributed by atoms with Crippen LogP contribution in [-0.4, -0.2) is 60.1 Å². The van der Waals surface area contributed by atoms with Gasteiger partial charge < -0.3 is 19.9 Å². The summed E-state index contributed by atoms with van der Waals surface area (Å²) in [5, 5.41) is 14.7. The first-order valence-corrected chi connectivity index (χ1v) is 12.9. The lowest BCUT2D eigenvalue weighted by Crippen LogP contribution is -2.38. The van der Waals surface area contributed by atoms with Crippen molar-refractivity contribution >= 4 is 34.6 Å². The fourth-order valence-electron chi connectivity index (χ4n) is 4.19. The number of aromatic nitrogens is 5. The van der Waals surface area contributed by atoms with Gasteiger partial charge in [0.25, 0.3) is 0 Å². The number of nitro groups is 1. The number of pyridine rings is 1. The van der Waals surface area contributed by atoms with Crippen molar-refractivity contribution in [1.82, 2.24) is 24.5 Å². The number of benzene rings is 1. The van der Waals surface area contributed by atoms with E-state index in [2.05, 4.69) is 25.3 Å². The molecular formula is C27H32N8O5. The maximum absolute atomic E-state index is 13.3. The van der Waals surface area contributed by atoms with E-state index in [0.717, 1.165) is 11.8 Å². The van der Waals surface area contributed by atoms with Crippen LogP contribution in [0.5, 0.6) is 0 Å². The average Bonchev–Trinajstić information content (AvgIpc) is 3.24. The molecule has 0 aliphatic carbocycles. The highest BCUT2D eigenvalue weighted by molar-refractivity contribution is 5.81. The van der Waals surface area contributed by atoms with E-state index in [0.29, 0.717) is 35.9 Å². The molecule has 0 bridgehead atoms. The molecule has 3 heterocycles. The second-order valence-electron chi connectivity index (χ2n) is 10.1. The first-order valence-electron chi connectivity index (χ1n) is 12.9. The van der Waals surface area contributed by atoms with E-state index >= 15 is 0 Å². The van der Waals surface area contributed by atoms with Gasteiger partial charge in [0.15, 0.2) is 5.65 Å². The Balaban J connectivity index is 1.67. The van der Waals surface area contributed by atoms with Gasteiger partial charge in [-0.3, -0.25) is 10.1 Å². The fourth-order valence-corrected chi connectivity index (χ4v) is 4.19. The summed E-state index contributed by atoms with van der Waals surface area (Å²) in [4.78, 5) is 54.4. The van der Waals surface area contributed by atoms with E-state index in [4.69, 9.17) is 4.74 Å². The molecule has 13 nitrogen and oxygen atoms in total. The third kappa shape index (κ3) is 6.25. The summed E-state index contributed by atoms with van der Waals surface area (Å²) in [6, 6.07) is 9.55. The van der Waals surface area contributed by atoms with Crippen LogP contribution in [0.15, 0.2) is 53.6 Å². The van der Waals surface area contributed by atoms with Crippen LogP contribution in [-0.2, 0) is 16.0 Å². The number of carbonyl (C=O) groups excluding carboxylic acids is 1. The third-order valence-corrected chi connectivity index (χ3v) is 6.08. The number of carbonyl (C=O) groups is 1. The number of hydrogen-bond acceptors (Lipinski definition) is 10. The molecule has 40 heavy (non-hydrogen) atoms. The molecule has 0 spiro atoms. The smallest absolute Gasteiger partial charge is 0.332 e. The van der Waals surface area contributed by atoms with Crippen molar-refractivity contribution in [2.45, 2.75) is 52.7 Å². The maximum Gasteiger partial charge on any atom is 0.332 e. The Hall–Kier alpha value is -4.81. The van der Waals surface area contributed by atoms with E-state index in [1.54, 1.807) is 63.4 Å². The Morgan fingerprint density at radius 3 is 2.50 bits per heavy atom. The van der Waals surface area contributed by atoms with Gasteiger partial charge in [-0.15, -0.1) is 0 Å². The predicted molar refractivity (Wildman–Crippen MR) is 151 cm³/mol. The van der Waals surface area contributed by atoms with Gasteiger partial charge >= 0.3 is 17.3 Å². The standard InChI is InChI=1S/C27H32N8O5/c1-6-33(7-2)25-29-16-21(35(38)39)22(32-25)30-20(24(36)40-27(3,4)5)15-17-10-12-18(13-11-17)34-23-19(31-26(34)37)9-8-14-28-23/h8-14,16,20H,6-7,15H2,1-5H3,(H,31,37)(H,29,30,32)/t20-/m0/s1. The van der Waals surface area contributed by atoms with E-state index in [-0.39, 0.29) is 23.6 Å². The number of rotatable bonds is 10. The molecular weight excluding hydrogens is 516 g/mol. The molecule has 3 aromatic heterocycles. The predicted octanol–water partition coefficient (Wildman–Crippen LogP) is 3.62. The molecule has 0 aliphatic rings. The second kappa shape index (κ2) is 11.5. The summed E-state index contributed by atoms with van der Waals surface area (Å²) in [7, 11) is 0. The van der Waals surface area contributed by atoms with Crippen molar-refractivity contribution in [3.8, 4) is 5.69 Å². The fraction of sp³-hybridized carbons (Fsp3) is 0.370. The lowest BCUT2D eigenvalue weighted by Gasteiger charge is -2.25. The highest BCUT2D eigenvalue weighted by Crippen LogP contribution is 2.26. The number of hydrogen-bond donors (Lipinski definition) is 2. The number of esters is 1. The average molecular weight is 549 g/mol. The van der Waals surface area contributed by atoms with Crippen LogP contribution in [0.25, 0.3) is 16.9 Å². The Morgan fingerprint density at radius 2 is 1.88 bits per heavy atom. The molecule has 1 atom stereocenters. The molecule has 1 aromatic carbocycles. The quantitative estimate of drug-likeness (QED) is 0.170. The Morgan fingerprint density at radius 1 is 1.18 bits per heavy atom. The zero-order valence-corrected chi connectivity index (χ0v) is 23.0. The van der Waals surface area contributed by atoms with Gasteiger partial charge in [-0.1, -0.05) is 12.1 Å². The number of imidazole rings is 1. The molecule has 0 unspecified atom stereocenters. The van der Waals surface area contributed by atoms with Crippen LogP contribution in [0.3, 0.4) is 0 Å². The van der Waals surface area contributed by atoms with Gasteiger partial charge in [-0.05, 0) is 64.4 Å². The highest BCUT2D eigenvalue weighted by Gasteiger charge is 2.29. The Kier molecular flexibility index (Phi) is 8.12. The normalized spacial score (nSPS) is 12.2. The molecule has 4 rings (SSSR count). The first kappa shape index (κ1) is 28.2. The van der Waals surface area contributed by atoms with Crippen molar-refractivity contribution < 1.29 is 14.5 Å². The van der Waals surface area contributed by atoms with Crippen molar-refractivity contribution in [1.29, 1.82) is 0 Å². The van der Waals surface area contributed by atoms with Gasteiger partial charge in [0.05, 0.1) is 16.1 Å². The van der Waals surface area contributed by atoms with E-state index < -0.39 is 22.5 Å². The SMILES string of the molecule is CCN(CC)c1ncc([N+](=O)[O-])c(N[C@@H](Cc2ccc(-n3c(=O)[nH]c4cccnc43)cc2)C(=O)OC(C)(C)C)n1. The van der Waals surface area contributed by atoms with Crippen LogP contribution in [0.4, 0.5) is 17.5 Å². The minimum Gasteiger partial charge on any atom is -0.458 e. The maximum atomic E-state index is 13.3. The topological polar surface area (TPSA) is 161 Å². The molecule has 4 aromatic rings. The number of anilines is 2. The van der Waals surface area contributed by atoms with Crippen LogP contribution < -0.4 is 15.9 Å². The summed E-state index contributed by atoms with van der Waals surface area (Å²) < 4.78 is 7.09. The van der Waals surface area contributed by atoms with Gasteiger partial charge in [-0.25, -0.2) is 24.1 Å². The van der Waals surface area contributed by atoms with Gasteiger partial charge in [0, 0.05) is 25.7 Å². The Labute approximate surface area is 230 Å². The van der Waals surface area contributed by atoms with Gasteiger partial charge in [0.2, 0.25) is 11.8 Å². The number of nitrogens with one attached hydrogen (secondary N) is 2. The van der Waals surface area contributed by atoms with E-state index in [9.17, 15) is 19.7 Å². The minimum absolute atomic E-state index is 0.0780. The number of fused-ring (bicyclic) bond motifs is 1. The van der Waals surface area contributed by atoms with Gasteiger partial charge in [-0.2, -0.15) is 4.98 Å².